The number of amides is 1. The molecular weight excluding hydrogens is 486 g/mol. The van der Waals surface area contributed by atoms with Crippen LogP contribution >= 0.6 is 23.5 Å². The summed E-state index contributed by atoms with van der Waals surface area (Å²) in [6, 6.07) is 3.01. The lowest BCUT2D eigenvalue weighted by Crippen LogP contribution is -2.29. The zero-order valence-corrected chi connectivity index (χ0v) is 24.8. The van der Waals surface area contributed by atoms with Crippen LogP contribution in [0.25, 0.3) is 0 Å². The summed E-state index contributed by atoms with van der Waals surface area (Å²) < 4.78 is 22.3. The van der Waals surface area contributed by atoms with Crippen LogP contribution in [-0.2, 0) is 15.9 Å². The van der Waals surface area contributed by atoms with Gasteiger partial charge in [-0.2, -0.15) is 0 Å². The molecule has 0 aliphatic carbocycles. The summed E-state index contributed by atoms with van der Waals surface area (Å²) in [6.45, 7) is 12.4. The average molecular weight is 532 g/mol. The van der Waals surface area contributed by atoms with E-state index in [1.807, 2.05) is 29.6 Å². The first-order valence-electron chi connectivity index (χ1n) is 12.3. The Hall–Kier alpha value is -1.03. The summed E-state index contributed by atoms with van der Waals surface area (Å²) in [5.41, 5.74) is 1.16. The van der Waals surface area contributed by atoms with Crippen molar-refractivity contribution in [3.8, 4) is 11.5 Å². The average Bonchev–Trinajstić information content (AvgIpc) is 2.78. The highest BCUT2D eigenvalue weighted by atomic mass is 32.2. The van der Waals surface area contributed by atoms with Gasteiger partial charge >= 0.3 is 6.09 Å². The Bertz CT molecular complexity index is 728. The predicted octanol–water partition coefficient (Wildman–Crippen LogP) is 7.07. The molecule has 1 rings (SSSR count). The number of hydrogen-bond donors (Lipinski definition) is 1. The van der Waals surface area contributed by atoms with Crippen molar-refractivity contribution in [3.05, 3.63) is 11.6 Å². The zero-order valence-electron chi connectivity index (χ0n) is 22.2. The van der Waals surface area contributed by atoms with E-state index in [-0.39, 0.29) is 12.9 Å². The standard InChI is InChI=1S/C25H45NO5S2Si/c1-8-10-15-32-23-20(12-13-26-25(27)30-14-17-34(5,6)7)18-21(29-4)22(31-19-28-3)24(23)33-16-11-9-2/h18H,8-17,19H2,1-7H3,(H,26,27). The summed E-state index contributed by atoms with van der Waals surface area (Å²) in [4.78, 5) is 14.5. The fourth-order valence-electron chi connectivity index (χ4n) is 2.97. The summed E-state index contributed by atoms with van der Waals surface area (Å²) in [5, 5.41) is 2.92. The molecule has 0 unspecified atom stereocenters. The van der Waals surface area contributed by atoms with Crippen LogP contribution in [-0.4, -0.2) is 59.8 Å². The highest BCUT2D eigenvalue weighted by Gasteiger charge is 2.21. The lowest BCUT2D eigenvalue weighted by atomic mass is 10.1. The van der Waals surface area contributed by atoms with Crippen LogP contribution in [0.5, 0.6) is 11.5 Å². The van der Waals surface area contributed by atoms with E-state index in [1.54, 1.807) is 14.2 Å². The summed E-state index contributed by atoms with van der Waals surface area (Å²) in [7, 11) is 2.06. The van der Waals surface area contributed by atoms with Crippen LogP contribution < -0.4 is 14.8 Å². The van der Waals surface area contributed by atoms with E-state index in [1.165, 1.54) is 4.90 Å². The molecule has 0 atom stereocenters. The minimum atomic E-state index is -1.22. The number of methoxy groups -OCH3 is 2. The van der Waals surface area contributed by atoms with Gasteiger partial charge in [-0.05, 0) is 48.4 Å². The van der Waals surface area contributed by atoms with Crippen molar-refractivity contribution in [2.45, 2.75) is 81.4 Å². The van der Waals surface area contributed by atoms with Gasteiger partial charge in [0.25, 0.3) is 0 Å². The van der Waals surface area contributed by atoms with Crippen molar-refractivity contribution >= 4 is 37.7 Å². The van der Waals surface area contributed by atoms with Crippen LogP contribution in [0.2, 0.25) is 25.7 Å². The summed E-state index contributed by atoms with van der Waals surface area (Å²) in [5.74, 6) is 3.48. The Balaban J connectivity index is 3.08. The molecule has 0 saturated carbocycles. The number of alkyl carbamates (subject to hydrolysis) is 1. The van der Waals surface area contributed by atoms with Crippen molar-refractivity contribution in [1.82, 2.24) is 5.32 Å². The maximum absolute atomic E-state index is 12.2. The first-order chi connectivity index (χ1) is 16.3. The molecule has 0 fully saturated rings. The van der Waals surface area contributed by atoms with Gasteiger partial charge < -0.3 is 24.3 Å². The Morgan fingerprint density at radius 2 is 1.68 bits per heavy atom. The fraction of sp³-hybridized carbons (Fsp3) is 0.720. The molecule has 0 saturated heterocycles. The first-order valence-corrected chi connectivity index (χ1v) is 18.0. The molecule has 9 heteroatoms. The number of nitrogens with one attached hydrogen (secondary N) is 1. The van der Waals surface area contributed by atoms with Gasteiger partial charge in [-0.15, -0.1) is 23.5 Å². The van der Waals surface area contributed by atoms with Gasteiger partial charge in [-0.3, -0.25) is 0 Å². The Morgan fingerprint density at radius 3 is 2.24 bits per heavy atom. The van der Waals surface area contributed by atoms with E-state index in [9.17, 15) is 4.79 Å². The van der Waals surface area contributed by atoms with Crippen LogP contribution in [0.3, 0.4) is 0 Å². The molecule has 0 aromatic heterocycles. The molecule has 196 valence electrons. The molecule has 6 nitrogen and oxygen atoms in total. The number of benzene rings is 1. The van der Waals surface area contributed by atoms with Crippen LogP contribution in [0, 0.1) is 0 Å². The van der Waals surface area contributed by atoms with E-state index in [0.717, 1.165) is 59.4 Å². The molecule has 0 spiro atoms. The normalized spacial score (nSPS) is 11.4. The Kier molecular flexibility index (Phi) is 15.9. The molecule has 0 radical (unpaired) electrons. The molecule has 1 aromatic carbocycles. The molecule has 0 heterocycles. The van der Waals surface area contributed by atoms with E-state index < -0.39 is 8.07 Å². The number of rotatable bonds is 18. The fourth-order valence-corrected chi connectivity index (χ4v) is 6.43. The topological polar surface area (TPSA) is 66.0 Å². The third-order valence-corrected chi connectivity index (χ3v) is 9.26. The van der Waals surface area contributed by atoms with Gasteiger partial charge in [-0.1, -0.05) is 46.3 Å². The van der Waals surface area contributed by atoms with Crippen molar-refractivity contribution < 1.29 is 23.7 Å². The SMILES string of the molecule is CCCCSc1c(CCNC(=O)OCC[Si](C)(C)C)cc(OC)c(OCOC)c1SCCCC. The van der Waals surface area contributed by atoms with E-state index in [2.05, 4.69) is 38.8 Å². The van der Waals surface area contributed by atoms with E-state index in [0.29, 0.717) is 25.3 Å². The van der Waals surface area contributed by atoms with Gasteiger partial charge in [0.15, 0.2) is 18.3 Å². The van der Waals surface area contributed by atoms with Crippen molar-refractivity contribution in [2.75, 3.05) is 45.7 Å². The second-order valence-corrected chi connectivity index (χ2v) is 17.1. The summed E-state index contributed by atoms with van der Waals surface area (Å²) in [6.07, 6.45) is 4.91. The van der Waals surface area contributed by atoms with Crippen molar-refractivity contribution in [3.63, 3.8) is 0 Å². The number of hydrogen-bond acceptors (Lipinski definition) is 7. The third-order valence-electron chi connectivity index (χ3n) is 5.01. The quantitative estimate of drug-likeness (QED) is 0.0940. The lowest BCUT2D eigenvalue weighted by Gasteiger charge is -2.21. The minimum absolute atomic E-state index is 0.168. The number of carbonyl (C=O) groups is 1. The number of ether oxygens (including phenoxy) is 4. The smallest absolute Gasteiger partial charge is 0.407 e. The molecular formula is C25H45NO5S2Si. The van der Waals surface area contributed by atoms with Crippen LogP contribution in [0.15, 0.2) is 15.9 Å². The highest BCUT2D eigenvalue weighted by Crippen LogP contribution is 2.47. The first kappa shape index (κ1) is 31.0. The minimum Gasteiger partial charge on any atom is -0.493 e. The van der Waals surface area contributed by atoms with Crippen LogP contribution in [0.1, 0.15) is 45.1 Å². The molecule has 0 bridgehead atoms. The number of thioether (sulfide) groups is 2. The van der Waals surface area contributed by atoms with Gasteiger partial charge in [0.05, 0.1) is 18.6 Å². The number of unbranched alkanes of at least 4 members (excludes halogenated alkanes) is 2. The molecule has 1 N–H and O–H groups in total. The molecule has 1 aromatic rings. The maximum Gasteiger partial charge on any atom is 0.407 e. The van der Waals surface area contributed by atoms with Gasteiger partial charge in [-0.25, -0.2) is 4.79 Å². The second-order valence-electron chi connectivity index (χ2n) is 9.30. The molecule has 1 amide bonds. The number of carbonyl (C=O) groups excluding carboxylic acids is 1. The molecule has 34 heavy (non-hydrogen) atoms. The molecule has 0 aliphatic heterocycles. The van der Waals surface area contributed by atoms with Crippen molar-refractivity contribution in [2.24, 2.45) is 0 Å². The summed E-state index contributed by atoms with van der Waals surface area (Å²) >= 11 is 3.68. The second kappa shape index (κ2) is 17.4. The zero-order chi connectivity index (χ0) is 25.4. The van der Waals surface area contributed by atoms with E-state index in [4.69, 9.17) is 18.9 Å². The van der Waals surface area contributed by atoms with E-state index >= 15 is 0 Å². The van der Waals surface area contributed by atoms with Crippen molar-refractivity contribution in [1.29, 1.82) is 0 Å². The lowest BCUT2D eigenvalue weighted by molar-refractivity contribution is 0.0467. The predicted molar refractivity (Wildman–Crippen MR) is 148 cm³/mol. The monoisotopic (exact) mass is 531 g/mol. The molecule has 0 aliphatic rings. The van der Waals surface area contributed by atoms with Gasteiger partial charge in [0.1, 0.15) is 0 Å². The highest BCUT2D eigenvalue weighted by molar-refractivity contribution is 8.02. The van der Waals surface area contributed by atoms with Gasteiger partial charge in [0.2, 0.25) is 0 Å². The van der Waals surface area contributed by atoms with Gasteiger partial charge in [0, 0.05) is 26.6 Å². The Morgan fingerprint density at radius 1 is 1.03 bits per heavy atom. The Labute approximate surface area is 216 Å². The maximum atomic E-state index is 12.2. The third kappa shape index (κ3) is 12.1. The largest absolute Gasteiger partial charge is 0.493 e. The van der Waals surface area contributed by atoms with Crippen LogP contribution in [0.4, 0.5) is 4.79 Å².